The lowest BCUT2D eigenvalue weighted by Crippen LogP contribution is -2.32. The molecule has 1 nitrogen and oxygen atoms in total. The van der Waals surface area contributed by atoms with Crippen molar-refractivity contribution in [2.24, 2.45) is 0 Å². The molecule has 0 aliphatic carbocycles. The van der Waals surface area contributed by atoms with Crippen molar-refractivity contribution in [1.29, 1.82) is 0 Å². The van der Waals surface area contributed by atoms with Gasteiger partial charge in [-0.15, -0.1) is 12.4 Å². The monoisotopic (exact) mass is 267 g/mol. The Morgan fingerprint density at radius 2 is 2.06 bits per heavy atom. The summed E-state index contributed by atoms with van der Waals surface area (Å²) in [6, 6.07) is 7.07. The third-order valence-electron chi connectivity index (χ3n) is 2.81. The van der Waals surface area contributed by atoms with E-state index >= 15 is 0 Å². The SMILES string of the molecule is CC1(c2cccc(Cl)c2)CC(F)(F)CN1.Cl. The molecule has 1 N–H and O–H groups in total. The topological polar surface area (TPSA) is 12.0 Å². The van der Waals surface area contributed by atoms with Crippen LogP contribution in [0.5, 0.6) is 0 Å². The largest absolute Gasteiger partial charge is 0.302 e. The molecule has 0 radical (unpaired) electrons. The minimum atomic E-state index is -2.63. The van der Waals surface area contributed by atoms with Gasteiger partial charge in [-0.25, -0.2) is 8.78 Å². The van der Waals surface area contributed by atoms with Crippen molar-refractivity contribution < 1.29 is 8.78 Å². The Balaban J connectivity index is 0.00000128. The van der Waals surface area contributed by atoms with Gasteiger partial charge in [-0.2, -0.15) is 0 Å². The number of benzene rings is 1. The average Bonchev–Trinajstić information content (AvgIpc) is 2.42. The second-order valence-corrected chi connectivity index (χ2v) is 4.67. The van der Waals surface area contributed by atoms with Crippen LogP contribution in [0.2, 0.25) is 5.02 Å². The number of hydrogen-bond acceptors (Lipinski definition) is 1. The van der Waals surface area contributed by atoms with Crippen LogP contribution in [0.15, 0.2) is 24.3 Å². The molecule has 16 heavy (non-hydrogen) atoms. The predicted octanol–water partition coefficient (Wildman–Crippen LogP) is 3.61. The fourth-order valence-corrected chi connectivity index (χ4v) is 2.19. The summed E-state index contributed by atoms with van der Waals surface area (Å²) in [4.78, 5) is 0. The van der Waals surface area contributed by atoms with Crippen molar-refractivity contribution in [1.82, 2.24) is 5.32 Å². The molecule has 0 saturated carbocycles. The van der Waals surface area contributed by atoms with E-state index in [2.05, 4.69) is 5.32 Å². The van der Waals surface area contributed by atoms with E-state index in [1.807, 2.05) is 6.07 Å². The van der Waals surface area contributed by atoms with Gasteiger partial charge in [0.05, 0.1) is 6.54 Å². The molecule has 0 spiro atoms. The van der Waals surface area contributed by atoms with Crippen LogP contribution >= 0.6 is 24.0 Å². The summed E-state index contributed by atoms with van der Waals surface area (Å²) in [7, 11) is 0. The van der Waals surface area contributed by atoms with E-state index in [0.29, 0.717) is 5.02 Å². The highest BCUT2D eigenvalue weighted by Gasteiger charge is 2.47. The molecule has 0 aromatic heterocycles. The zero-order valence-corrected chi connectivity index (χ0v) is 10.3. The van der Waals surface area contributed by atoms with Gasteiger partial charge in [0.25, 0.3) is 5.92 Å². The summed E-state index contributed by atoms with van der Waals surface area (Å²) in [5.74, 6) is -2.63. The first kappa shape index (κ1) is 13.7. The zero-order valence-electron chi connectivity index (χ0n) is 8.77. The summed E-state index contributed by atoms with van der Waals surface area (Å²) in [5.41, 5.74) is 0.140. The van der Waals surface area contributed by atoms with Crippen LogP contribution in [0.1, 0.15) is 18.9 Å². The number of rotatable bonds is 1. The summed E-state index contributed by atoms with van der Waals surface area (Å²) < 4.78 is 26.3. The highest BCUT2D eigenvalue weighted by Crippen LogP contribution is 2.39. The normalized spacial score (nSPS) is 27.5. The highest BCUT2D eigenvalue weighted by molar-refractivity contribution is 6.30. The van der Waals surface area contributed by atoms with Gasteiger partial charge in [-0.05, 0) is 24.6 Å². The molecule has 90 valence electrons. The van der Waals surface area contributed by atoms with E-state index in [1.54, 1.807) is 25.1 Å². The molecular formula is C11H13Cl2F2N. The number of alkyl halides is 2. The first-order valence-corrected chi connectivity index (χ1v) is 5.18. The van der Waals surface area contributed by atoms with Crippen molar-refractivity contribution in [3.63, 3.8) is 0 Å². The van der Waals surface area contributed by atoms with Crippen molar-refractivity contribution >= 4 is 24.0 Å². The Bertz CT molecular complexity index is 384. The average molecular weight is 268 g/mol. The maximum atomic E-state index is 13.1. The van der Waals surface area contributed by atoms with Crippen molar-refractivity contribution in [2.45, 2.75) is 24.8 Å². The lowest BCUT2D eigenvalue weighted by Gasteiger charge is -2.24. The van der Waals surface area contributed by atoms with Crippen molar-refractivity contribution in [3.8, 4) is 0 Å². The summed E-state index contributed by atoms with van der Waals surface area (Å²) >= 11 is 5.84. The smallest absolute Gasteiger partial charge is 0.262 e. The molecular weight excluding hydrogens is 255 g/mol. The van der Waals surface area contributed by atoms with E-state index in [1.165, 1.54) is 0 Å². The molecule has 1 fully saturated rings. The van der Waals surface area contributed by atoms with Gasteiger partial charge in [0, 0.05) is 17.0 Å². The first-order valence-electron chi connectivity index (χ1n) is 4.80. The molecule has 1 aromatic rings. The molecule has 1 aromatic carbocycles. The molecule has 1 aliphatic heterocycles. The summed E-state index contributed by atoms with van der Waals surface area (Å²) in [6.45, 7) is 1.51. The van der Waals surface area contributed by atoms with Crippen LogP contribution in [0, 0.1) is 0 Å². The molecule has 0 amide bonds. The van der Waals surface area contributed by atoms with Crippen molar-refractivity contribution in [2.75, 3.05) is 6.54 Å². The third-order valence-corrected chi connectivity index (χ3v) is 3.05. The molecule has 1 atom stereocenters. The molecule has 1 aliphatic rings. The molecule has 2 rings (SSSR count). The Morgan fingerprint density at radius 3 is 2.56 bits per heavy atom. The van der Waals surface area contributed by atoms with Gasteiger partial charge in [0.1, 0.15) is 0 Å². The minimum absolute atomic E-state index is 0. The van der Waals surface area contributed by atoms with E-state index in [4.69, 9.17) is 11.6 Å². The van der Waals surface area contributed by atoms with Crippen LogP contribution in [0.3, 0.4) is 0 Å². The fraction of sp³-hybridized carbons (Fsp3) is 0.455. The van der Waals surface area contributed by atoms with Crippen LogP contribution in [-0.4, -0.2) is 12.5 Å². The van der Waals surface area contributed by atoms with Gasteiger partial charge >= 0.3 is 0 Å². The molecule has 5 heteroatoms. The maximum Gasteiger partial charge on any atom is 0.262 e. The maximum absolute atomic E-state index is 13.1. The van der Waals surface area contributed by atoms with Crippen molar-refractivity contribution in [3.05, 3.63) is 34.9 Å². The zero-order chi connectivity index (χ0) is 11.1. The molecule has 1 saturated heterocycles. The van der Waals surface area contributed by atoms with E-state index in [0.717, 1.165) is 5.56 Å². The first-order chi connectivity index (χ1) is 6.91. The number of hydrogen-bond donors (Lipinski definition) is 1. The van der Waals surface area contributed by atoms with Crippen LogP contribution in [0.4, 0.5) is 8.78 Å². The second kappa shape index (κ2) is 4.47. The number of nitrogens with one attached hydrogen (secondary N) is 1. The van der Waals surface area contributed by atoms with Crippen LogP contribution < -0.4 is 5.32 Å². The predicted molar refractivity (Wildman–Crippen MR) is 63.6 cm³/mol. The van der Waals surface area contributed by atoms with Crippen LogP contribution in [-0.2, 0) is 5.54 Å². The van der Waals surface area contributed by atoms with E-state index in [9.17, 15) is 8.78 Å². The third kappa shape index (κ3) is 2.65. The molecule has 1 unspecified atom stereocenters. The van der Waals surface area contributed by atoms with Gasteiger partial charge in [0.2, 0.25) is 0 Å². The quantitative estimate of drug-likeness (QED) is 0.820. The lowest BCUT2D eigenvalue weighted by atomic mass is 9.90. The second-order valence-electron chi connectivity index (χ2n) is 4.23. The fourth-order valence-electron chi connectivity index (χ4n) is 2.00. The van der Waals surface area contributed by atoms with Crippen LogP contribution in [0.25, 0.3) is 0 Å². The van der Waals surface area contributed by atoms with Gasteiger partial charge in [0.15, 0.2) is 0 Å². The Labute approximate surface area is 105 Å². The minimum Gasteiger partial charge on any atom is -0.302 e. The Kier molecular flexibility index (Phi) is 3.83. The molecule has 0 bridgehead atoms. The van der Waals surface area contributed by atoms with E-state index in [-0.39, 0.29) is 25.4 Å². The van der Waals surface area contributed by atoms with E-state index < -0.39 is 11.5 Å². The highest BCUT2D eigenvalue weighted by atomic mass is 35.5. The number of halogens is 4. The Morgan fingerprint density at radius 1 is 1.38 bits per heavy atom. The van der Waals surface area contributed by atoms with Gasteiger partial charge in [-0.3, -0.25) is 0 Å². The summed E-state index contributed by atoms with van der Waals surface area (Å²) in [5, 5.41) is 3.43. The van der Waals surface area contributed by atoms with Gasteiger partial charge < -0.3 is 5.32 Å². The lowest BCUT2D eigenvalue weighted by molar-refractivity contribution is 0.0165. The standard InChI is InChI=1S/C11H12ClF2N.ClH/c1-10(6-11(13,14)7-15-10)8-3-2-4-9(12)5-8;/h2-5,15H,6-7H2,1H3;1H. The summed E-state index contributed by atoms with van der Waals surface area (Å²) in [6.07, 6.45) is -0.180. The van der Waals surface area contributed by atoms with Gasteiger partial charge in [-0.1, -0.05) is 23.7 Å². The molecule has 1 heterocycles. The Hall–Kier alpha value is -0.380.